The van der Waals surface area contributed by atoms with E-state index in [1.165, 1.54) is 9.80 Å². The van der Waals surface area contributed by atoms with E-state index < -0.39 is 17.9 Å². The highest BCUT2D eigenvalue weighted by atomic mass is 35.5. The summed E-state index contributed by atoms with van der Waals surface area (Å²) in [6.07, 6.45) is 5.24. The molecule has 47 heavy (non-hydrogen) atoms. The zero-order valence-corrected chi connectivity index (χ0v) is 28.0. The first-order chi connectivity index (χ1) is 22.7. The van der Waals surface area contributed by atoms with Crippen LogP contribution in [0.15, 0.2) is 78.9 Å². The summed E-state index contributed by atoms with van der Waals surface area (Å²) in [5, 5.41) is 1.00. The molecule has 5 rings (SSSR count). The van der Waals surface area contributed by atoms with Gasteiger partial charge in [0.15, 0.2) is 0 Å². The van der Waals surface area contributed by atoms with Crippen LogP contribution < -0.4 is 5.73 Å². The van der Waals surface area contributed by atoms with Gasteiger partial charge in [0.2, 0.25) is 23.6 Å². The lowest BCUT2D eigenvalue weighted by atomic mass is 9.88. The van der Waals surface area contributed by atoms with Crippen LogP contribution in [0.2, 0.25) is 10.0 Å². The third-order valence-electron chi connectivity index (χ3n) is 9.38. The molecular formula is C37H42Cl2N4O4. The number of carbonyl (C=O) groups excluding carboxylic acids is 4. The Balaban J connectivity index is 1.44. The van der Waals surface area contributed by atoms with Crippen LogP contribution in [0.25, 0.3) is 0 Å². The summed E-state index contributed by atoms with van der Waals surface area (Å²) in [7, 11) is 0. The van der Waals surface area contributed by atoms with Crippen LogP contribution >= 0.6 is 23.2 Å². The largest absolute Gasteiger partial charge is 0.368 e. The zero-order chi connectivity index (χ0) is 33.3. The SMILES string of the molecule is NC(=O)CN(C(=O)C1CC(=O)N(CCc2ccc(Cl)cc2Cl)CC(=O)N1CCC(c1ccccc1)c1ccccc1)C1CCCCC1. The first-order valence-electron chi connectivity index (χ1n) is 16.4. The van der Waals surface area contributed by atoms with Crippen molar-refractivity contribution in [3.8, 4) is 0 Å². The molecule has 0 radical (unpaired) electrons. The summed E-state index contributed by atoms with van der Waals surface area (Å²) in [4.78, 5) is 59.3. The van der Waals surface area contributed by atoms with Crippen LogP contribution in [0, 0.1) is 0 Å². The quantitative estimate of drug-likeness (QED) is 0.261. The number of carbonyl (C=O) groups is 4. The van der Waals surface area contributed by atoms with Gasteiger partial charge >= 0.3 is 0 Å². The van der Waals surface area contributed by atoms with E-state index in [0.717, 1.165) is 48.8 Å². The van der Waals surface area contributed by atoms with Crippen LogP contribution in [0.5, 0.6) is 0 Å². The van der Waals surface area contributed by atoms with Crippen molar-refractivity contribution in [2.24, 2.45) is 5.73 Å². The van der Waals surface area contributed by atoms with E-state index in [-0.39, 0.29) is 56.4 Å². The summed E-state index contributed by atoms with van der Waals surface area (Å²) in [6, 6.07) is 24.1. The maximum Gasteiger partial charge on any atom is 0.246 e. The molecule has 1 aliphatic heterocycles. The Morgan fingerprint density at radius 1 is 0.851 bits per heavy atom. The molecule has 1 saturated carbocycles. The second kappa shape index (κ2) is 16.3. The molecule has 3 aromatic rings. The highest BCUT2D eigenvalue weighted by Gasteiger charge is 2.41. The Kier molecular flexibility index (Phi) is 11.9. The molecule has 0 spiro atoms. The van der Waals surface area contributed by atoms with Gasteiger partial charge in [0.05, 0.1) is 19.5 Å². The smallest absolute Gasteiger partial charge is 0.246 e. The fraction of sp³-hybridized carbons (Fsp3) is 0.405. The third kappa shape index (κ3) is 8.93. The summed E-state index contributed by atoms with van der Waals surface area (Å²) in [6.45, 7) is 0.105. The van der Waals surface area contributed by atoms with Crippen molar-refractivity contribution in [3.63, 3.8) is 0 Å². The minimum Gasteiger partial charge on any atom is -0.368 e. The fourth-order valence-corrected chi connectivity index (χ4v) is 7.41. The molecule has 0 bridgehead atoms. The van der Waals surface area contributed by atoms with Gasteiger partial charge in [-0.2, -0.15) is 0 Å². The third-order valence-corrected chi connectivity index (χ3v) is 9.97. The molecule has 4 amide bonds. The summed E-state index contributed by atoms with van der Waals surface area (Å²) >= 11 is 12.5. The maximum absolute atomic E-state index is 14.5. The molecule has 8 nitrogen and oxygen atoms in total. The Labute approximate surface area is 286 Å². The molecule has 1 heterocycles. The van der Waals surface area contributed by atoms with Crippen LogP contribution in [0.3, 0.4) is 0 Å². The van der Waals surface area contributed by atoms with E-state index >= 15 is 0 Å². The van der Waals surface area contributed by atoms with Gasteiger partial charge in [0, 0.05) is 35.1 Å². The average Bonchev–Trinajstić information content (AvgIpc) is 3.19. The average molecular weight is 678 g/mol. The minimum atomic E-state index is -1.05. The van der Waals surface area contributed by atoms with Gasteiger partial charge in [-0.05, 0) is 54.5 Å². The van der Waals surface area contributed by atoms with Gasteiger partial charge in [-0.15, -0.1) is 0 Å². The molecule has 0 aromatic heterocycles. The van der Waals surface area contributed by atoms with E-state index in [9.17, 15) is 19.2 Å². The molecule has 1 aliphatic carbocycles. The Morgan fingerprint density at radius 2 is 1.49 bits per heavy atom. The molecule has 2 N–H and O–H groups in total. The second-order valence-electron chi connectivity index (χ2n) is 12.5. The minimum absolute atomic E-state index is 0.0388. The zero-order valence-electron chi connectivity index (χ0n) is 26.5. The van der Waals surface area contributed by atoms with Gasteiger partial charge in [-0.1, -0.05) is 109 Å². The number of hydrogen-bond acceptors (Lipinski definition) is 4. The number of amides is 4. The number of nitrogens with zero attached hydrogens (tertiary/aromatic N) is 3. The highest BCUT2D eigenvalue weighted by molar-refractivity contribution is 6.35. The summed E-state index contributed by atoms with van der Waals surface area (Å²) in [5.74, 6) is -1.65. The first-order valence-corrected chi connectivity index (χ1v) is 17.2. The molecule has 248 valence electrons. The number of nitrogens with two attached hydrogens (primary N) is 1. The van der Waals surface area contributed by atoms with Crippen molar-refractivity contribution in [2.75, 3.05) is 26.2 Å². The lowest BCUT2D eigenvalue weighted by Gasteiger charge is -2.38. The molecule has 3 aromatic carbocycles. The van der Waals surface area contributed by atoms with Crippen LogP contribution in [-0.4, -0.2) is 76.6 Å². The standard InChI is InChI=1S/C37H42Cl2N4O4/c38-29-17-16-28(32(39)22-29)18-20-41-25-36(46)42(21-19-31(26-10-4-1-5-11-26)27-12-6-2-7-13-27)33(23-35(41)45)37(47)43(24-34(40)44)30-14-8-3-9-15-30/h1-2,4-7,10-13,16-17,22,30-31,33H,3,8-9,14-15,18-21,23-25H2,(H2,40,44). The lowest BCUT2D eigenvalue weighted by molar-refractivity contribution is -0.148. The van der Waals surface area contributed by atoms with Crippen molar-refractivity contribution < 1.29 is 19.2 Å². The van der Waals surface area contributed by atoms with Gasteiger partial charge in [0.1, 0.15) is 6.04 Å². The molecule has 1 saturated heterocycles. The Bertz CT molecular complexity index is 1510. The Hall–Kier alpha value is -3.88. The van der Waals surface area contributed by atoms with Crippen molar-refractivity contribution in [1.29, 1.82) is 0 Å². The number of hydrogen-bond donors (Lipinski definition) is 1. The highest BCUT2D eigenvalue weighted by Crippen LogP contribution is 2.31. The van der Waals surface area contributed by atoms with Crippen molar-refractivity contribution in [1.82, 2.24) is 14.7 Å². The Morgan fingerprint density at radius 3 is 2.09 bits per heavy atom. The van der Waals surface area contributed by atoms with E-state index in [1.807, 2.05) is 42.5 Å². The van der Waals surface area contributed by atoms with E-state index in [2.05, 4.69) is 24.3 Å². The normalized spacial score (nSPS) is 17.6. The molecular weight excluding hydrogens is 635 g/mol. The number of benzene rings is 3. The van der Waals surface area contributed by atoms with Crippen LogP contribution in [0.1, 0.15) is 67.6 Å². The number of halogens is 2. The first kappa shape index (κ1) is 34.5. The van der Waals surface area contributed by atoms with Gasteiger partial charge in [0.25, 0.3) is 0 Å². The molecule has 10 heteroatoms. The van der Waals surface area contributed by atoms with Crippen LogP contribution in [-0.2, 0) is 25.6 Å². The molecule has 1 unspecified atom stereocenters. The van der Waals surface area contributed by atoms with Crippen LogP contribution in [0.4, 0.5) is 0 Å². The monoisotopic (exact) mass is 676 g/mol. The van der Waals surface area contributed by atoms with Crippen molar-refractivity contribution >= 4 is 46.8 Å². The molecule has 1 atom stereocenters. The van der Waals surface area contributed by atoms with Gasteiger partial charge in [-0.3, -0.25) is 19.2 Å². The number of primary amides is 1. The van der Waals surface area contributed by atoms with E-state index in [0.29, 0.717) is 22.9 Å². The van der Waals surface area contributed by atoms with Crippen molar-refractivity contribution in [2.45, 2.75) is 69.4 Å². The van der Waals surface area contributed by atoms with E-state index in [4.69, 9.17) is 28.9 Å². The molecule has 2 aliphatic rings. The predicted octanol–water partition coefficient (Wildman–Crippen LogP) is 5.83. The fourth-order valence-electron chi connectivity index (χ4n) is 6.91. The summed E-state index contributed by atoms with van der Waals surface area (Å²) < 4.78 is 0. The van der Waals surface area contributed by atoms with Crippen molar-refractivity contribution in [3.05, 3.63) is 106 Å². The lowest BCUT2D eigenvalue weighted by Crippen LogP contribution is -2.56. The van der Waals surface area contributed by atoms with Gasteiger partial charge < -0.3 is 20.4 Å². The second-order valence-corrected chi connectivity index (χ2v) is 13.3. The summed E-state index contributed by atoms with van der Waals surface area (Å²) in [5.41, 5.74) is 8.65. The topological polar surface area (TPSA) is 104 Å². The van der Waals surface area contributed by atoms with E-state index in [1.54, 1.807) is 17.0 Å². The molecule has 2 fully saturated rings. The maximum atomic E-state index is 14.5. The van der Waals surface area contributed by atoms with Gasteiger partial charge in [-0.25, -0.2) is 0 Å². The predicted molar refractivity (Wildman–Crippen MR) is 184 cm³/mol. The number of rotatable bonds is 12.